The molecule has 2 rings (SSSR count). The molecule has 1 N–H and O–H groups in total. The van der Waals surface area contributed by atoms with Crippen LogP contribution in [0.4, 0.5) is 0 Å². The molecule has 3 unspecified atom stereocenters. The molecule has 3 heteroatoms. The molecule has 2 aliphatic heterocycles. The van der Waals surface area contributed by atoms with Crippen molar-refractivity contribution in [1.29, 1.82) is 0 Å². The maximum Gasteiger partial charge on any atom is 0.0939 e. The molecule has 0 saturated carbocycles. The summed E-state index contributed by atoms with van der Waals surface area (Å²) in [5, 5.41) is 9.86. The fraction of sp³-hybridized carbons (Fsp3) is 1.00. The molecule has 2 fully saturated rings. The highest BCUT2D eigenvalue weighted by molar-refractivity contribution is 4.90. The molecule has 0 amide bonds. The summed E-state index contributed by atoms with van der Waals surface area (Å²) in [4.78, 5) is 0. The number of aliphatic hydroxyl groups excluding tert-OH is 1. The molecule has 0 radical (unpaired) electrons. The Morgan fingerprint density at radius 3 is 2.82 bits per heavy atom. The number of aliphatic hydroxyl groups is 1. The Hall–Kier alpha value is -0.120. The van der Waals surface area contributed by atoms with Gasteiger partial charge >= 0.3 is 0 Å². The minimum Gasteiger partial charge on any atom is -0.393 e. The zero-order valence-electron chi connectivity index (χ0n) is 11.2. The first-order valence-corrected chi connectivity index (χ1v) is 7.01. The average molecular weight is 242 g/mol. The van der Waals surface area contributed by atoms with Crippen LogP contribution >= 0.6 is 0 Å². The Morgan fingerprint density at radius 2 is 2.18 bits per heavy atom. The van der Waals surface area contributed by atoms with Crippen LogP contribution in [0.2, 0.25) is 0 Å². The summed E-state index contributed by atoms with van der Waals surface area (Å²) in [5.41, 5.74) is 0.0195. The van der Waals surface area contributed by atoms with Gasteiger partial charge in [-0.15, -0.1) is 0 Å². The first-order chi connectivity index (χ1) is 8.11. The lowest BCUT2D eigenvalue weighted by atomic mass is 9.82. The highest BCUT2D eigenvalue weighted by Crippen LogP contribution is 2.37. The van der Waals surface area contributed by atoms with Crippen molar-refractivity contribution in [3.63, 3.8) is 0 Å². The van der Waals surface area contributed by atoms with E-state index in [4.69, 9.17) is 9.47 Å². The molecule has 3 nitrogen and oxygen atoms in total. The normalized spacial score (nSPS) is 35.6. The first-order valence-electron chi connectivity index (χ1n) is 7.01. The summed E-state index contributed by atoms with van der Waals surface area (Å²) in [6.45, 7) is 6.66. The van der Waals surface area contributed by atoms with Gasteiger partial charge in [-0.05, 0) is 37.5 Å². The van der Waals surface area contributed by atoms with E-state index in [9.17, 15) is 5.11 Å². The summed E-state index contributed by atoms with van der Waals surface area (Å²) in [6, 6.07) is 0. The van der Waals surface area contributed by atoms with Crippen molar-refractivity contribution in [2.75, 3.05) is 19.8 Å². The number of hydrogen-bond donors (Lipinski definition) is 1. The monoisotopic (exact) mass is 242 g/mol. The Labute approximate surface area is 104 Å². The van der Waals surface area contributed by atoms with E-state index in [-0.39, 0.29) is 11.7 Å². The summed E-state index contributed by atoms with van der Waals surface area (Å²) in [7, 11) is 0. The van der Waals surface area contributed by atoms with Crippen LogP contribution in [-0.2, 0) is 9.47 Å². The van der Waals surface area contributed by atoms with Gasteiger partial charge in [-0.25, -0.2) is 0 Å². The summed E-state index contributed by atoms with van der Waals surface area (Å²) >= 11 is 0. The predicted octanol–water partition coefficient (Wildman–Crippen LogP) is 2.37. The van der Waals surface area contributed by atoms with E-state index in [0.717, 1.165) is 51.9 Å². The Morgan fingerprint density at radius 1 is 1.35 bits per heavy atom. The van der Waals surface area contributed by atoms with Gasteiger partial charge in [0.2, 0.25) is 0 Å². The van der Waals surface area contributed by atoms with Gasteiger partial charge in [0, 0.05) is 19.6 Å². The number of rotatable bonds is 4. The second-order valence-corrected chi connectivity index (χ2v) is 6.08. The van der Waals surface area contributed by atoms with Crippen molar-refractivity contribution in [2.45, 2.75) is 57.7 Å². The standard InChI is InChI=1S/C14H26O3/c1-11(2)13(15)4-3-12-5-7-17-14(9-12)6-8-16-10-14/h11-13,15H,3-10H2,1-2H3. The number of hydrogen-bond acceptors (Lipinski definition) is 3. The molecule has 2 aliphatic rings. The van der Waals surface area contributed by atoms with E-state index < -0.39 is 0 Å². The van der Waals surface area contributed by atoms with Crippen LogP contribution in [0.5, 0.6) is 0 Å². The highest BCUT2D eigenvalue weighted by atomic mass is 16.6. The quantitative estimate of drug-likeness (QED) is 0.822. The summed E-state index contributed by atoms with van der Waals surface area (Å²) in [5.74, 6) is 1.08. The van der Waals surface area contributed by atoms with E-state index in [2.05, 4.69) is 13.8 Å². The molecule has 17 heavy (non-hydrogen) atoms. The first kappa shape index (κ1) is 13.3. The van der Waals surface area contributed by atoms with Gasteiger partial charge in [0.25, 0.3) is 0 Å². The molecule has 100 valence electrons. The van der Waals surface area contributed by atoms with Crippen molar-refractivity contribution in [2.24, 2.45) is 11.8 Å². The van der Waals surface area contributed by atoms with Gasteiger partial charge in [0.15, 0.2) is 0 Å². The van der Waals surface area contributed by atoms with E-state index in [1.165, 1.54) is 0 Å². The van der Waals surface area contributed by atoms with E-state index in [1.54, 1.807) is 0 Å². The Balaban J connectivity index is 1.77. The molecule has 3 atom stereocenters. The maximum atomic E-state index is 9.86. The molecular formula is C14H26O3. The molecule has 2 heterocycles. The van der Waals surface area contributed by atoms with Crippen molar-refractivity contribution in [3.8, 4) is 0 Å². The lowest BCUT2D eigenvalue weighted by molar-refractivity contribution is -0.100. The van der Waals surface area contributed by atoms with E-state index >= 15 is 0 Å². The van der Waals surface area contributed by atoms with Crippen LogP contribution < -0.4 is 0 Å². The topological polar surface area (TPSA) is 38.7 Å². The van der Waals surface area contributed by atoms with Crippen LogP contribution in [0.1, 0.15) is 46.0 Å². The third-order valence-electron chi connectivity index (χ3n) is 4.30. The molecule has 0 aromatic rings. The zero-order valence-corrected chi connectivity index (χ0v) is 11.2. The lowest BCUT2D eigenvalue weighted by Crippen LogP contribution is -2.40. The van der Waals surface area contributed by atoms with Crippen LogP contribution in [0, 0.1) is 11.8 Å². The van der Waals surface area contributed by atoms with Crippen molar-refractivity contribution in [1.82, 2.24) is 0 Å². The molecule has 0 aliphatic carbocycles. The van der Waals surface area contributed by atoms with Gasteiger partial charge in [-0.3, -0.25) is 0 Å². The van der Waals surface area contributed by atoms with E-state index in [0.29, 0.717) is 11.8 Å². The van der Waals surface area contributed by atoms with Crippen LogP contribution in [0.25, 0.3) is 0 Å². The fourth-order valence-corrected chi connectivity index (χ4v) is 2.98. The van der Waals surface area contributed by atoms with Crippen LogP contribution in [-0.4, -0.2) is 36.6 Å². The van der Waals surface area contributed by atoms with Gasteiger partial charge < -0.3 is 14.6 Å². The van der Waals surface area contributed by atoms with Crippen molar-refractivity contribution >= 4 is 0 Å². The molecular weight excluding hydrogens is 216 g/mol. The Kier molecular flexibility index (Phi) is 4.45. The molecule has 0 bridgehead atoms. The summed E-state index contributed by atoms with van der Waals surface area (Å²) in [6.07, 6.45) is 5.23. The SMILES string of the molecule is CC(C)C(O)CCC1CCOC2(CCOC2)C1. The molecule has 1 spiro atoms. The molecule has 0 aromatic heterocycles. The van der Waals surface area contributed by atoms with Gasteiger partial charge in [0.1, 0.15) is 0 Å². The smallest absolute Gasteiger partial charge is 0.0939 e. The molecule has 2 saturated heterocycles. The molecule has 0 aromatic carbocycles. The third kappa shape index (κ3) is 3.43. The maximum absolute atomic E-state index is 9.86. The van der Waals surface area contributed by atoms with Gasteiger partial charge in [0.05, 0.1) is 18.3 Å². The van der Waals surface area contributed by atoms with Crippen molar-refractivity contribution < 1.29 is 14.6 Å². The minimum atomic E-state index is -0.145. The highest BCUT2D eigenvalue weighted by Gasteiger charge is 2.40. The fourth-order valence-electron chi connectivity index (χ4n) is 2.98. The third-order valence-corrected chi connectivity index (χ3v) is 4.30. The zero-order chi connectivity index (χ0) is 12.3. The summed E-state index contributed by atoms with van der Waals surface area (Å²) < 4.78 is 11.4. The van der Waals surface area contributed by atoms with Crippen molar-refractivity contribution in [3.05, 3.63) is 0 Å². The van der Waals surface area contributed by atoms with Gasteiger partial charge in [-0.1, -0.05) is 13.8 Å². The second-order valence-electron chi connectivity index (χ2n) is 6.08. The van der Waals surface area contributed by atoms with Crippen LogP contribution in [0.3, 0.4) is 0 Å². The van der Waals surface area contributed by atoms with Gasteiger partial charge in [-0.2, -0.15) is 0 Å². The average Bonchev–Trinajstić information content (AvgIpc) is 2.74. The minimum absolute atomic E-state index is 0.0195. The Bertz CT molecular complexity index is 234. The lowest BCUT2D eigenvalue weighted by Gasteiger charge is -2.37. The van der Waals surface area contributed by atoms with Crippen LogP contribution in [0.15, 0.2) is 0 Å². The van der Waals surface area contributed by atoms with E-state index in [1.807, 2.05) is 0 Å². The second kappa shape index (κ2) is 5.68. The largest absolute Gasteiger partial charge is 0.393 e. The number of ether oxygens (including phenoxy) is 2. The predicted molar refractivity (Wildman–Crippen MR) is 66.9 cm³/mol.